The van der Waals surface area contributed by atoms with E-state index in [0.29, 0.717) is 11.6 Å². The van der Waals surface area contributed by atoms with Crippen LogP contribution in [0.25, 0.3) is 0 Å². The molecule has 2 fully saturated rings. The number of fused-ring (bicyclic) bond motifs is 1. The van der Waals surface area contributed by atoms with Crippen molar-refractivity contribution < 1.29 is 20.2 Å². The number of hydrogen-bond acceptors (Lipinski definition) is 4. The van der Waals surface area contributed by atoms with E-state index in [9.17, 15) is 9.90 Å². The lowest BCUT2D eigenvalue weighted by atomic mass is 9.59. The van der Waals surface area contributed by atoms with Crippen molar-refractivity contribution in [3.63, 3.8) is 0 Å². The Morgan fingerprint density at radius 3 is 2.62 bits per heavy atom. The van der Waals surface area contributed by atoms with Crippen molar-refractivity contribution >= 4 is 5.97 Å². The maximum atomic E-state index is 11.4. The Hall–Kier alpha value is -2.12. The summed E-state index contributed by atoms with van der Waals surface area (Å²) in [6.07, 6.45) is 10.9. The van der Waals surface area contributed by atoms with Crippen LogP contribution in [-0.2, 0) is 0 Å². The highest BCUT2D eigenvalue weighted by atomic mass is 16.9. The first-order chi connectivity index (χ1) is 11.2. The van der Waals surface area contributed by atoms with E-state index in [-0.39, 0.29) is 11.5 Å². The molecule has 0 amide bonds. The van der Waals surface area contributed by atoms with Crippen LogP contribution in [0.4, 0.5) is 0 Å². The molecule has 134 valence electrons. The average Bonchev–Trinajstić information content (AvgIpc) is 2.95. The van der Waals surface area contributed by atoms with Gasteiger partial charge in [-0.3, -0.25) is 0 Å². The van der Waals surface area contributed by atoms with E-state index in [0.717, 1.165) is 5.92 Å². The van der Waals surface area contributed by atoms with E-state index >= 15 is 0 Å². The van der Waals surface area contributed by atoms with Gasteiger partial charge in [-0.05, 0) is 36.5 Å². The molecule has 0 saturated heterocycles. The Morgan fingerprint density at radius 2 is 2.00 bits per heavy atom. The maximum absolute atomic E-state index is 11.4. The first-order valence-corrected chi connectivity index (χ1v) is 8.32. The van der Waals surface area contributed by atoms with E-state index in [4.69, 9.17) is 15.3 Å². The summed E-state index contributed by atoms with van der Waals surface area (Å²) in [7, 11) is 0. The van der Waals surface area contributed by atoms with Gasteiger partial charge in [0.1, 0.15) is 5.69 Å². The average molecular weight is 339 g/mol. The molecule has 0 aromatic carbocycles. The van der Waals surface area contributed by atoms with Gasteiger partial charge in [-0.25, -0.2) is 9.78 Å². The molecule has 3 atom stereocenters. The second kappa shape index (κ2) is 7.19. The normalized spacial score (nSPS) is 28.2. The van der Waals surface area contributed by atoms with Crippen LogP contribution in [0.3, 0.4) is 0 Å². The highest BCUT2D eigenvalue weighted by molar-refractivity contribution is 5.85. The summed E-state index contributed by atoms with van der Waals surface area (Å²) in [6, 6.07) is 0.273. The molecule has 8 heteroatoms. The lowest BCUT2D eigenvalue weighted by molar-refractivity contribution is -0.742. The van der Waals surface area contributed by atoms with Crippen molar-refractivity contribution in [3.8, 4) is 0 Å². The van der Waals surface area contributed by atoms with Crippen molar-refractivity contribution in [3.05, 3.63) is 28.3 Å². The van der Waals surface area contributed by atoms with E-state index < -0.39 is 11.1 Å². The first kappa shape index (κ1) is 18.2. The molecule has 24 heavy (non-hydrogen) atoms. The van der Waals surface area contributed by atoms with Crippen LogP contribution < -0.4 is 0 Å². The van der Waals surface area contributed by atoms with Crippen LogP contribution in [0.5, 0.6) is 0 Å². The molecule has 0 radical (unpaired) electrons. The second-order valence-corrected chi connectivity index (χ2v) is 7.41. The minimum Gasteiger partial charge on any atom is -0.477 e. The number of carboxylic acids is 1. The predicted molar refractivity (Wildman–Crippen MR) is 85.5 cm³/mol. The van der Waals surface area contributed by atoms with Gasteiger partial charge in [-0.2, -0.15) is 0 Å². The molecule has 2 N–H and O–H groups in total. The van der Waals surface area contributed by atoms with Crippen LogP contribution in [0.2, 0.25) is 0 Å². The van der Waals surface area contributed by atoms with Gasteiger partial charge in [-0.15, -0.1) is 10.1 Å². The smallest absolute Gasteiger partial charge is 0.354 e. The number of carboxylic acid groups (broad SMARTS) is 1. The molecule has 8 nitrogen and oxygen atoms in total. The Morgan fingerprint density at radius 1 is 1.38 bits per heavy atom. The molecule has 2 aliphatic carbocycles. The molecular weight excluding hydrogens is 314 g/mol. The number of aromatic carboxylic acids is 1. The maximum Gasteiger partial charge on any atom is 0.354 e. The van der Waals surface area contributed by atoms with Gasteiger partial charge in [0, 0.05) is 6.04 Å². The topological polar surface area (TPSA) is 118 Å². The van der Waals surface area contributed by atoms with Gasteiger partial charge in [0.15, 0.2) is 0 Å². The van der Waals surface area contributed by atoms with Gasteiger partial charge < -0.3 is 14.9 Å². The van der Waals surface area contributed by atoms with Gasteiger partial charge in [-0.1, -0.05) is 33.1 Å². The van der Waals surface area contributed by atoms with Crippen molar-refractivity contribution in [2.45, 2.75) is 58.4 Å². The Labute approximate surface area is 140 Å². The summed E-state index contributed by atoms with van der Waals surface area (Å²) < 4.78 is 1.95. The number of hydrogen-bond donors (Lipinski definition) is 2. The molecule has 3 unspecified atom stereocenters. The van der Waals surface area contributed by atoms with Crippen molar-refractivity contribution in [2.24, 2.45) is 17.3 Å². The molecule has 1 aromatic rings. The Bertz CT molecular complexity index is 594. The van der Waals surface area contributed by atoms with Gasteiger partial charge in [0.2, 0.25) is 0 Å². The zero-order valence-electron chi connectivity index (χ0n) is 14.1. The van der Waals surface area contributed by atoms with Crippen molar-refractivity contribution in [1.82, 2.24) is 9.55 Å². The molecule has 1 heterocycles. The number of nitrogens with zero attached hydrogens (tertiary/aromatic N) is 3. The lowest BCUT2D eigenvalue weighted by Crippen LogP contribution is -2.43. The monoisotopic (exact) mass is 339 g/mol. The van der Waals surface area contributed by atoms with E-state index in [1.54, 1.807) is 6.33 Å². The van der Waals surface area contributed by atoms with Gasteiger partial charge in [0.05, 0.1) is 12.5 Å². The van der Waals surface area contributed by atoms with Gasteiger partial charge in [0.25, 0.3) is 5.09 Å². The third-order valence-corrected chi connectivity index (χ3v) is 5.52. The molecule has 2 saturated carbocycles. The number of aromatic nitrogens is 2. The van der Waals surface area contributed by atoms with Crippen molar-refractivity contribution in [1.29, 1.82) is 0 Å². The first-order valence-electron chi connectivity index (χ1n) is 8.32. The molecule has 1 aromatic heterocycles. The third-order valence-electron chi connectivity index (χ3n) is 5.52. The number of imidazole rings is 1. The summed E-state index contributed by atoms with van der Waals surface area (Å²) in [5.41, 5.74) is 0.484. The minimum absolute atomic E-state index is 0.142. The van der Waals surface area contributed by atoms with Crippen LogP contribution in [0, 0.1) is 27.4 Å². The fraction of sp³-hybridized carbons (Fsp3) is 0.750. The molecule has 2 aliphatic rings. The second-order valence-electron chi connectivity index (χ2n) is 7.41. The fourth-order valence-corrected chi connectivity index (χ4v) is 4.57. The largest absolute Gasteiger partial charge is 0.477 e. The number of carbonyl (C=O) groups is 1. The summed E-state index contributed by atoms with van der Waals surface area (Å²) in [5.74, 6) is 0.516. The molecule has 0 aliphatic heterocycles. The molecule has 3 rings (SSSR count). The molecular formula is C16H25N3O5. The Kier molecular flexibility index (Phi) is 5.46. The fourth-order valence-electron chi connectivity index (χ4n) is 4.57. The van der Waals surface area contributed by atoms with Crippen molar-refractivity contribution in [2.75, 3.05) is 0 Å². The van der Waals surface area contributed by atoms with Gasteiger partial charge >= 0.3 is 5.97 Å². The summed E-state index contributed by atoms with van der Waals surface area (Å²) >= 11 is 0. The summed E-state index contributed by atoms with van der Waals surface area (Å²) in [5, 5.41) is 23.0. The summed E-state index contributed by atoms with van der Waals surface area (Å²) in [6.45, 7) is 4.57. The predicted octanol–water partition coefficient (Wildman–Crippen LogP) is 3.40. The van der Waals surface area contributed by atoms with E-state index in [1.807, 2.05) is 4.57 Å². The molecule has 0 spiro atoms. The van der Waals surface area contributed by atoms with Crippen LogP contribution in [-0.4, -0.2) is 30.9 Å². The summed E-state index contributed by atoms with van der Waals surface area (Å²) in [4.78, 5) is 23.9. The Balaban J connectivity index is 0.000000471. The SMILES string of the molecule is CC1(C)CCC2CCCCC2C1n1cncc1C(=O)O.O=[N+]([O-])O. The zero-order valence-corrected chi connectivity index (χ0v) is 14.1. The van der Waals surface area contributed by atoms with Crippen LogP contribution in [0.1, 0.15) is 68.9 Å². The zero-order chi connectivity index (χ0) is 17.9. The quantitative estimate of drug-likeness (QED) is 0.629. The number of rotatable bonds is 2. The van der Waals surface area contributed by atoms with Crippen LogP contribution in [0.15, 0.2) is 12.5 Å². The lowest BCUT2D eigenvalue weighted by Gasteiger charge is -2.50. The highest BCUT2D eigenvalue weighted by Crippen LogP contribution is 2.54. The standard InChI is InChI=1S/C16H24N2O2.HNO3/c1-16(2)8-7-11-5-3-4-6-12(11)14(16)18-10-17-9-13(18)15(19)20;2-1(3)4/h9-12,14H,3-8H2,1-2H3,(H,19,20);(H,2,3,4). The van der Waals surface area contributed by atoms with E-state index in [1.165, 1.54) is 44.7 Å². The highest BCUT2D eigenvalue weighted by Gasteiger charge is 2.46. The van der Waals surface area contributed by atoms with Crippen LogP contribution >= 0.6 is 0 Å². The molecule has 0 bridgehead atoms. The third kappa shape index (κ3) is 3.85. The van der Waals surface area contributed by atoms with E-state index in [2.05, 4.69) is 18.8 Å². The minimum atomic E-state index is -1.50.